The third-order valence-corrected chi connectivity index (χ3v) is 5.44. The van der Waals surface area contributed by atoms with Gasteiger partial charge in [-0.2, -0.15) is 0 Å². The highest BCUT2D eigenvalue weighted by Crippen LogP contribution is 2.34. The third kappa shape index (κ3) is 3.88. The molecule has 0 spiro atoms. The highest BCUT2D eigenvalue weighted by atomic mass is 19.3. The average molecular weight is 421 g/mol. The van der Waals surface area contributed by atoms with E-state index in [1.807, 2.05) is 0 Å². The quantitative estimate of drug-likeness (QED) is 0.574. The van der Waals surface area contributed by atoms with Crippen LogP contribution in [0.4, 0.5) is 17.6 Å². The second-order valence-electron chi connectivity index (χ2n) is 7.48. The van der Waals surface area contributed by atoms with E-state index in [4.69, 9.17) is 4.52 Å². The van der Waals surface area contributed by atoms with Crippen LogP contribution in [0.2, 0.25) is 0 Å². The molecular weight excluding hydrogens is 402 g/mol. The number of rotatable bonds is 4. The van der Waals surface area contributed by atoms with Crippen LogP contribution in [0.3, 0.4) is 0 Å². The van der Waals surface area contributed by atoms with E-state index in [0.29, 0.717) is 30.8 Å². The maximum absolute atomic E-state index is 13.9. The van der Waals surface area contributed by atoms with Crippen LogP contribution in [-0.4, -0.2) is 34.0 Å². The molecule has 2 aromatic heterocycles. The molecule has 30 heavy (non-hydrogen) atoms. The molecule has 0 bridgehead atoms. The Morgan fingerprint density at radius 3 is 2.87 bits per heavy atom. The highest BCUT2D eigenvalue weighted by molar-refractivity contribution is 5.81. The predicted octanol–water partition coefficient (Wildman–Crippen LogP) is 4.70. The standard InChI is InChI=1S/C21H19F4N3O2/c1-11-19-15(20(24)25)9-17(26-21(19)30-27-11)12-3-2-6-28(10-12)18(29)8-13-7-14(22)4-5-16(13)23/h4-5,7,9,12,20H,2-3,6,8,10H2,1H3. The predicted molar refractivity (Wildman–Crippen MR) is 100 cm³/mol. The fraction of sp³-hybridized carbons (Fsp3) is 0.381. The van der Waals surface area contributed by atoms with E-state index in [1.165, 1.54) is 11.0 Å². The number of hydrogen-bond donors (Lipinski definition) is 0. The Hall–Kier alpha value is -2.97. The fourth-order valence-corrected chi connectivity index (χ4v) is 3.93. The van der Waals surface area contributed by atoms with Gasteiger partial charge >= 0.3 is 0 Å². The smallest absolute Gasteiger partial charge is 0.264 e. The van der Waals surface area contributed by atoms with Gasteiger partial charge in [0.05, 0.1) is 17.5 Å². The molecule has 1 aliphatic rings. The third-order valence-electron chi connectivity index (χ3n) is 5.44. The fourth-order valence-electron chi connectivity index (χ4n) is 3.93. The van der Waals surface area contributed by atoms with Gasteiger partial charge in [-0.15, -0.1) is 0 Å². The summed E-state index contributed by atoms with van der Waals surface area (Å²) in [5.74, 6) is -1.88. The molecule has 3 heterocycles. The van der Waals surface area contributed by atoms with Crippen molar-refractivity contribution < 1.29 is 26.9 Å². The average Bonchev–Trinajstić information content (AvgIpc) is 3.11. The van der Waals surface area contributed by atoms with Gasteiger partial charge in [0.1, 0.15) is 11.6 Å². The van der Waals surface area contributed by atoms with E-state index >= 15 is 0 Å². The van der Waals surface area contributed by atoms with Gasteiger partial charge < -0.3 is 9.42 Å². The second-order valence-corrected chi connectivity index (χ2v) is 7.48. The van der Waals surface area contributed by atoms with E-state index in [2.05, 4.69) is 10.1 Å². The SMILES string of the molecule is Cc1noc2nc(C3CCCN(C(=O)Cc4cc(F)ccc4F)C3)cc(C(F)F)c12. The molecule has 1 aromatic carbocycles. The first-order chi connectivity index (χ1) is 14.3. The highest BCUT2D eigenvalue weighted by Gasteiger charge is 2.29. The van der Waals surface area contributed by atoms with E-state index < -0.39 is 18.1 Å². The maximum Gasteiger partial charge on any atom is 0.264 e. The maximum atomic E-state index is 13.9. The molecule has 1 atom stereocenters. The van der Waals surface area contributed by atoms with Gasteiger partial charge in [-0.1, -0.05) is 5.16 Å². The Morgan fingerprint density at radius 2 is 2.10 bits per heavy atom. The number of nitrogens with zero attached hydrogens (tertiary/aromatic N) is 3. The Morgan fingerprint density at radius 1 is 1.30 bits per heavy atom. The summed E-state index contributed by atoms with van der Waals surface area (Å²) in [7, 11) is 0. The minimum Gasteiger partial charge on any atom is -0.342 e. The van der Waals surface area contributed by atoms with E-state index in [0.717, 1.165) is 18.2 Å². The topological polar surface area (TPSA) is 59.2 Å². The molecule has 158 valence electrons. The number of piperidine rings is 1. The lowest BCUT2D eigenvalue weighted by molar-refractivity contribution is -0.131. The molecule has 3 aromatic rings. The van der Waals surface area contributed by atoms with Crippen molar-refractivity contribution in [1.82, 2.24) is 15.0 Å². The molecule has 1 aliphatic heterocycles. The van der Waals surface area contributed by atoms with Gasteiger partial charge in [-0.25, -0.2) is 22.5 Å². The summed E-state index contributed by atoms with van der Waals surface area (Å²) in [6.07, 6.45) is -1.69. The molecule has 0 N–H and O–H groups in total. The molecule has 1 saturated heterocycles. The van der Waals surface area contributed by atoms with Crippen molar-refractivity contribution in [3.63, 3.8) is 0 Å². The molecule has 4 rings (SSSR count). The van der Waals surface area contributed by atoms with Gasteiger partial charge in [-0.05, 0) is 44.0 Å². The number of aromatic nitrogens is 2. The first-order valence-corrected chi connectivity index (χ1v) is 9.60. The van der Waals surface area contributed by atoms with E-state index in [9.17, 15) is 22.4 Å². The minimum absolute atomic E-state index is 0.0150. The van der Waals surface area contributed by atoms with Gasteiger partial charge in [-0.3, -0.25) is 4.79 Å². The first-order valence-electron chi connectivity index (χ1n) is 9.60. The van der Waals surface area contributed by atoms with Gasteiger partial charge in [0.2, 0.25) is 5.91 Å². The zero-order valence-corrected chi connectivity index (χ0v) is 16.2. The zero-order valence-electron chi connectivity index (χ0n) is 16.2. The van der Waals surface area contributed by atoms with Gasteiger partial charge in [0.15, 0.2) is 0 Å². The Labute approximate surface area is 169 Å². The number of carbonyl (C=O) groups excluding carboxylic acids is 1. The van der Waals surface area contributed by atoms with Crippen LogP contribution in [0, 0.1) is 18.6 Å². The summed E-state index contributed by atoms with van der Waals surface area (Å²) in [6.45, 7) is 2.29. The number of likely N-dealkylation sites (tertiary alicyclic amines) is 1. The summed E-state index contributed by atoms with van der Waals surface area (Å²) in [5.41, 5.74) is 0.587. The normalized spacial score (nSPS) is 17.1. The minimum atomic E-state index is -2.72. The van der Waals surface area contributed by atoms with E-state index in [1.54, 1.807) is 6.92 Å². The molecule has 9 heteroatoms. The number of fused-ring (bicyclic) bond motifs is 1. The number of amides is 1. The van der Waals surface area contributed by atoms with Crippen molar-refractivity contribution in [3.8, 4) is 0 Å². The lowest BCUT2D eigenvalue weighted by atomic mass is 9.92. The summed E-state index contributed by atoms with van der Waals surface area (Å²) < 4.78 is 59.5. The number of aryl methyl sites for hydroxylation is 1. The lowest BCUT2D eigenvalue weighted by Crippen LogP contribution is -2.40. The first kappa shape index (κ1) is 20.3. The largest absolute Gasteiger partial charge is 0.342 e. The van der Waals surface area contributed by atoms with Crippen molar-refractivity contribution in [2.75, 3.05) is 13.1 Å². The van der Waals surface area contributed by atoms with Crippen LogP contribution in [0.5, 0.6) is 0 Å². The summed E-state index contributed by atoms with van der Waals surface area (Å²) in [5, 5.41) is 3.94. The Balaban J connectivity index is 1.57. The second kappa shape index (κ2) is 8.04. The molecule has 1 fully saturated rings. The van der Waals surface area contributed by atoms with Crippen molar-refractivity contribution in [3.05, 3.63) is 58.4 Å². The van der Waals surface area contributed by atoms with Crippen LogP contribution in [0.25, 0.3) is 11.1 Å². The van der Waals surface area contributed by atoms with Crippen LogP contribution in [0.1, 0.15) is 47.7 Å². The van der Waals surface area contributed by atoms with Crippen molar-refractivity contribution in [1.29, 1.82) is 0 Å². The Kier molecular flexibility index (Phi) is 5.44. The summed E-state index contributed by atoms with van der Waals surface area (Å²) in [4.78, 5) is 18.6. The molecular formula is C21H19F4N3O2. The number of halogens is 4. The lowest BCUT2D eigenvalue weighted by Gasteiger charge is -2.32. The van der Waals surface area contributed by atoms with E-state index in [-0.39, 0.29) is 47.0 Å². The number of carbonyl (C=O) groups is 1. The molecule has 0 aliphatic carbocycles. The molecule has 0 radical (unpaired) electrons. The van der Waals surface area contributed by atoms with Crippen molar-refractivity contribution in [2.24, 2.45) is 0 Å². The van der Waals surface area contributed by atoms with Crippen LogP contribution < -0.4 is 0 Å². The number of pyridine rings is 1. The number of benzene rings is 1. The number of alkyl halides is 2. The van der Waals surface area contributed by atoms with Gasteiger partial charge in [0, 0.05) is 35.8 Å². The molecule has 1 unspecified atom stereocenters. The summed E-state index contributed by atoms with van der Waals surface area (Å²) in [6, 6.07) is 4.34. The number of hydrogen-bond acceptors (Lipinski definition) is 4. The van der Waals surface area contributed by atoms with Crippen molar-refractivity contribution >= 4 is 17.0 Å². The monoisotopic (exact) mass is 421 g/mol. The Bertz CT molecular complexity index is 1100. The van der Waals surface area contributed by atoms with Crippen LogP contribution in [0.15, 0.2) is 28.8 Å². The molecule has 1 amide bonds. The molecule has 0 saturated carbocycles. The van der Waals surface area contributed by atoms with Crippen LogP contribution in [-0.2, 0) is 11.2 Å². The van der Waals surface area contributed by atoms with Crippen LogP contribution >= 0.6 is 0 Å². The van der Waals surface area contributed by atoms with Gasteiger partial charge in [0.25, 0.3) is 12.1 Å². The molecule has 5 nitrogen and oxygen atoms in total. The summed E-state index contributed by atoms with van der Waals surface area (Å²) >= 11 is 0. The zero-order chi connectivity index (χ0) is 21.4. The van der Waals surface area contributed by atoms with Crippen molar-refractivity contribution in [2.45, 2.75) is 38.5 Å².